The zero-order valence-electron chi connectivity index (χ0n) is 16.8. The third-order valence-electron chi connectivity index (χ3n) is 5.02. The summed E-state index contributed by atoms with van der Waals surface area (Å²) in [4.78, 5) is 63.1. The monoisotopic (exact) mass is 463 g/mol. The van der Waals surface area contributed by atoms with Gasteiger partial charge >= 0.3 is 0 Å². The van der Waals surface area contributed by atoms with E-state index in [0.717, 1.165) is 6.07 Å². The molecule has 10 heteroatoms. The Balaban J connectivity index is 1.78. The number of amides is 3. The van der Waals surface area contributed by atoms with Crippen molar-refractivity contribution in [1.82, 2.24) is 10.0 Å². The number of hydrazine groups is 1. The van der Waals surface area contributed by atoms with E-state index in [1.165, 1.54) is 48.5 Å². The Morgan fingerprint density at radius 1 is 0.879 bits per heavy atom. The van der Waals surface area contributed by atoms with E-state index in [1.54, 1.807) is 18.2 Å². The Morgan fingerprint density at radius 2 is 1.55 bits per heavy atom. The summed E-state index contributed by atoms with van der Waals surface area (Å²) in [5, 5.41) is 13.0. The molecule has 0 bridgehead atoms. The third-order valence-corrected chi connectivity index (χ3v) is 5.28. The van der Waals surface area contributed by atoms with Crippen LogP contribution in [0, 0.1) is 10.1 Å². The smallest absolute Gasteiger partial charge is 0.287 e. The van der Waals surface area contributed by atoms with Crippen LogP contribution >= 0.6 is 11.6 Å². The number of ketones is 1. The molecule has 3 aromatic carbocycles. The van der Waals surface area contributed by atoms with E-state index in [9.17, 15) is 29.3 Å². The number of nitro benzene ring substituents is 1. The highest BCUT2D eigenvalue weighted by atomic mass is 35.5. The molecule has 9 nitrogen and oxygen atoms in total. The first-order valence-corrected chi connectivity index (χ1v) is 9.99. The van der Waals surface area contributed by atoms with Crippen molar-refractivity contribution in [3.63, 3.8) is 0 Å². The van der Waals surface area contributed by atoms with E-state index in [0.29, 0.717) is 15.0 Å². The molecule has 164 valence electrons. The lowest BCUT2D eigenvalue weighted by Crippen LogP contribution is -2.51. The van der Waals surface area contributed by atoms with Gasteiger partial charge in [0.1, 0.15) is 12.1 Å². The minimum absolute atomic E-state index is 0.0614. The average Bonchev–Trinajstić information content (AvgIpc) is 3.08. The second-order valence-corrected chi connectivity index (χ2v) is 7.47. The predicted octanol–water partition coefficient (Wildman–Crippen LogP) is 3.78. The zero-order valence-corrected chi connectivity index (χ0v) is 17.6. The van der Waals surface area contributed by atoms with E-state index in [1.807, 2.05) is 0 Å². The fourth-order valence-electron chi connectivity index (χ4n) is 3.45. The van der Waals surface area contributed by atoms with E-state index >= 15 is 0 Å². The van der Waals surface area contributed by atoms with Crippen LogP contribution < -0.4 is 0 Å². The van der Waals surface area contributed by atoms with Gasteiger partial charge in [0, 0.05) is 22.2 Å². The maximum Gasteiger partial charge on any atom is 0.287 e. The van der Waals surface area contributed by atoms with Crippen molar-refractivity contribution in [2.45, 2.75) is 0 Å². The van der Waals surface area contributed by atoms with Gasteiger partial charge in [0.05, 0.1) is 10.5 Å². The molecule has 0 unspecified atom stereocenters. The van der Waals surface area contributed by atoms with Gasteiger partial charge in [-0.25, -0.2) is 5.01 Å². The van der Waals surface area contributed by atoms with Gasteiger partial charge in [-0.05, 0) is 30.3 Å². The number of carbonyl (C=O) groups is 4. The van der Waals surface area contributed by atoms with Gasteiger partial charge in [0.25, 0.3) is 23.4 Å². The van der Waals surface area contributed by atoms with Gasteiger partial charge in [-0.1, -0.05) is 48.0 Å². The van der Waals surface area contributed by atoms with Gasteiger partial charge in [-0.2, -0.15) is 5.01 Å². The lowest BCUT2D eigenvalue weighted by molar-refractivity contribution is -0.385. The van der Waals surface area contributed by atoms with Crippen molar-refractivity contribution in [2.75, 3.05) is 6.54 Å². The number of Topliss-reactive ketones (excluding diaryl/α,β-unsaturated/α-hetero) is 1. The summed E-state index contributed by atoms with van der Waals surface area (Å²) in [6, 6.07) is 17.3. The summed E-state index contributed by atoms with van der Waals surface area (Å²) in [5.74, 6) is -3.37. The number of hydrogen-bond acceptors (Lipinski definition) is 6. The van der Waals surface area contributed by atoms with Gasteiger partial charge in [0.2, 0.25) is 0 Å². The molecule has 1 aliphatic rings. The van der Waals surface area contributed by atoms with E-state index in [2.05, 4.69) is 0 Å². The molecule has 0 N–H and O–H groups in total. The molecule has 0 radical (unpaired) electrons. The summed E-state index contributed by atoms with van der Waals surface area (Å²) >= 11 is 5.88. The van der Waals surface area contributed by atoms with Gasteiger partial charge in [-0.15, -0.1) is 0 Å². The Bertz CT molecular complexity index is 1310. The topological polar surface area (TPSA) is 118 Å². The fraction of sp³-hybridized carbons (Fsp3) is 0.0435. The van der Waals surface area contributed by atoms with E-state index in [4.69, 9.17) is 11.6 Å². The molecule has 1 aliphatic heterocycles. The van der Waals surface area contributed by atoms with E-state index in [-0.39, 0.29) is 16.7 Å². The lowest BCUT2D eigenvalue weighted by atomic mass is 10.1. The van der Waals surface area contributed by atoms with Crippen molar-refractivity contribution < 1.29 is 24.1 Å². The Morgan fingerprint density at radius 3 is 2.18 bits per heavy atom. The number of carbonyl (C=O) groups excluding carboxylic acids is 4. The van der Waals surface area contributed by atoms with Crippen LogP contribution in [0.2, 0.25) is 5.02 Å². The number of fused-ring (bicyclic) bond motifs is 1. The molecule has 3 amide bonds. The number of benzene rings is 3. The van der Waals surface area contributed by atoms with Gasteiger partial charge < -0.3 is 0 Å². The zero-order chi connectivity index (χ0) is 23.7. The fourth-order valence-corrected chi connectivity index (χ4v) is 3.58. The standard InChI is InChI=1S/C23H14ClN3O6/c24-16-11-9-15(10-12-16)21(29)25(13-19(28)14-5-2-1-3-6-14)26-22(30)17-7-4-8-18(27(32)33)20(17)23(26)31/h1-12H,13H2. The Kier molecular flexibility index (Phi) is 5.72. The van der Waals surface area contributed by atoms with Crippen LogP contribution in [0.1, 0.15) is 41.4 Å². The van der Waals surface area contributed by atoms with Gasteiger partial charge in [-0.3, -0.25) is 29.3 Å². The minimum atomic E-state index is -1.06. The largest absolute Gasteiger partial charge is 0.292 e. The Hall–Kier alpha value is -4.37. The van der Waals surface area contributed by atoms with Crippen LogP contribution in [0.5, 0.6) is 0 Å². The maximum absolute atomic E-state index is 13.3. The highest BCUT2D eigenvalue weighted by Gasteiger charge is 2.46. The van der Waals surface area contributed by atoms with Crippen LogP contribution in [0.4, 0.5) is 5.69 Å². The SMILES string of the molecule is O=C(CN(C(=O)c1ccc(Cl)cc1)N1C(=O)c2cccc([N+](=O)[O-])c2C1=O)c1ccccc1. The highest BCUT2D eigenvalue weighted by molar-refractivity contribution is 6.30. The summed E-state index contributed by atoms with van der Waals surface area (Å²) in [5.41, 5.74) is -0.911. The molecule has 0 atom stereocenters. The van der Waals surface area contributed by atoms with Crippen molar-refractivity contribution in [3.05, 3.63) is 110 Å². The van der Waals surface area contributed by atoms with Crippen molar-refractivity contribution >= 4 is 40.8 Å². The molecular formula is C23H14ClN3O6. The Labute approximate surface area is 191 Å². The average molecular weight is 464 g/mol. The first kappa shape index (κ1) is 21.8. The van der Waals surface area contributed by atoms with Crippen LogP contribution in [-0.4, -0.2) is 45.0 Å². The highest BCUT2D eigenvalue weighted by Crippen LogP contribution is 2.32. The van der Waals surface area contributed by atoms with Crippen molar-refractivity contribution in [3.8, 4) is 0 Å². The molecule has 4 rings (SSSR count). The lowest BCUT2D eigenvalue weighted by Gasteiger charge is -2.29. The van der Waals surface area contributed by atoms with Crippen LogP contribution in [0.3, 0.4) is 0 Å². The summed E-state index contributed by atoms with van der Waals surface area (Å²) in [6.45, 7) is -0.648. The second-order valence-electron chi connectivity index (χ2n) is 7.04. The molecule has 0 fully saturated rings. The molecule has 33 heavy (non-hydrogen) atoms. The molecular weight excluding hydrogens is 450 g/mol. The number of nitro groups is 1. The van der Waals surface area contributed by atoms with Crippen molar-refractivity contribution in [1.29, 1.82) is 0 Å². The van der Waals surface area contributed by atoms with Crippen LogP contribution in [-0.2, 0) is 0 Å². The van der Waals surface area contributed by atoms with Crippen LogP contribution in [0.15, 0.2) is 72.8 Å². The number of halogens is 1. The molecule has 0 aliphatic carbocycles. The molecule has 0 saturated carbocycles. The molecule has 0 saturated heterocycles. The number of rotatable bonds is 6. The number of nitrogens with zero attached hydrogens (tertiary/aromatic N) is 3. The summed E-state index contributed by atoms with van der Waals surface area (Å²) in [7, 11) is 0. The molecule has 0 aromatic heterocycles. The molecule has 0 spiro atoms. The first-order valence-electron chi connectivity index (χ1n) is 9.61. The van der Waals surface area contributed by atoms with Crippen molar-refractivity contribution in [2.24, 2.45) is 0 Å². The molecule has 1 heterocycles. The second kappa shape index (κ2) is 8.64. The number of imide groups is 1. The predicted molar refractivity (Wildman–Crippen MR) is 117 cm³/mol. The quantitative estimate of drug-likeness (QED) is 0.237. The normalized spacial score (nSPS) is 12.5. The van der Waals surface area contributed by atoms with Crippen LogP contribution in [0.25, 0.3) is 0 Å². The third kappa shape index (κ3) is 3.97. The summed E-state index contributed by atoms with van der Waals surface area (Å²) < 4.78 is 0. The van der Waals surface area contributed by atoms with E-state index < -0.39 is 46.2 Å². The maximum atomic E-state index is 13.3. The van der Waals surface area contributed by atoms with Gasteiger partial charge in [0.15, 0.2) is 5.78 Å². The first-order chi connectivity index (χ1) is 15.8. The summed E-state index contributed by atoms with van der Waals surface area (Å²) in [6.07, 6.45) is 0. The molecule has 3 aromatic rings. The minimum Gasteiger partial charge on any atom is -0.292 e. The number of hydrogen-bond donors (Lipinski definition) is 0.